The minimum absolute atomic E-state index is 0.0841. The topological polar surface area (TPSA) is 78.4 Å². The van der Waals surface area contributed by atoms with E-state index in [2.05, 4.69) is 10.6 Å². The Kier molecular flexibility index (Phi) is 6.21. The molecule has 2 aromatic rings. The Morgan fingerprint density at radius 2 is 1.92 bits per heavy atom. The molecule has 6 heteroatoms. The first kappa shape index (κ1) is 17.8. The Morgan fingerprint density at radius 1 is 1.12 bits per heavy atom. The SMILES string of the molecule is CCCCC(=O)Nc1cc(C(=O)Nc2cccc(Cl)c2)ccc1O. The van der Waals surface area contributed by atoms with E-state index < -0.39 is 0 Å². The predicted octanol–water partition coefficient (Wildman–Crippen LogP) is 4.43. The second-order valence-electron chi connectivity index (χ2n) is 5.35. The van der Waals surface area contributed by atoms with Crippen LogP contribution >= 0.6 is 11.6 Å². The zero-order valence-electron chi connectivity index (χ0n) is 13.3. The van der Waals surface area contributed by atoms with Gasteiger partial charge in [0.05, 0.1) is 5.69 Å². The van der Waals surface area contributed by atoms with Gasteiger partial charge in [0.15, 0.2) is 0 Å². The highest BCUT2D eigenvalue weighted by Gasteiger charge is 2.12. The number of unbranched alkanes of at least 4 members (excludes halogenated alkanes) is 1. The number of phenols is 1. The third-order valence-corrected chi connectivity index (χ3v) is 3.61. The molecule has 0 saturated heterocycles. The van der Waals surface area contributed by atoms with Gasteiger partial charge in [-0.15, -0.1) is 0 Å². The summed E-state index contributed by atoms with van der Waals surface area (Å²) in [6, 6.07) is 11.1. The minimum atomic E-state index is -0.360. The zero-order chi connectivity index (χ0) is 17.5. The van der Waals surface area contributed by atoms with Crippen molar-refractivity contribution in [1.29, 1.82) is 0 Å². The minimum Gasteiger partial charge on any atom is -0.506 e. The third kappa shape index (κ3) is 4.99. The molecular weight excluding hydrogens is 328 g/mol. The van der Waals surface area contributed by atoms with Crippen LogP contribution in [0.15, 0.2) is 42.5 Å². The maximum Gasteiger partial charge on any atom is 0.255 e. The highest BCUT2D eigenvalue weighted by molar-refractivity contribution is 6.31. The number of anilines is 2. The van der Waals surface area contributed by atoms with Crippen LogP contribution in [0.2, 0.25) is 5.02 Å². The number of rotatable bonds is 6. The number of hydrogen-bond donors (Lipinski definition) is 3. The molecule has 0 fully saturated rings. The lowest BCUT2D eigenvalue weighted by Crippen LogP contribution is -2.14. The Bertz CT molecular complexity index is 747. The number of benzene rings is 2. The molecule has 0 radical (unpaired) electrons. The van der Waals surface area contributed by atoms with E-state index in [4.69, 9.17) is 11.6 Å². The molecule has 0 atom stereocenters. The molecule has 126 valence electrons. The first-order valence-electron chi connectivity index (χ1n) is 7.69. The molecule has 2 amide bonds. The first-order valence-corrected chi connectivity index (χ1v) is 8.07. The van der Waals surface area contributed by atoms with Gasteiger partial charge < -0.3 is 15.7 Å². The predicted molar refractivity (Wildman–Crippen MR) is 95.7 cm³/mol. The molecule has 0 heterocycles. The van der Waals surface area contributed by atoms with Gasteiger partial charge >= 0.3 is 0 Å². The molecular formula is C18H19ClN2O3. The standard InChI is InChI=1S/C18H19ClN2O3/c1-2-3-7-17(23)21-15-10-12(8-9-16(15)22)18(24)20-14-6-4-5-13(19)11-14/h4-6,8-11,22H,2-3,7H2,1H3,(H,20,24)(H,21,23). The molecule has 0 bridgehead atoms. The van der Waals surface area contributed by atoms with Gasteiger partial charge in [-0.1, -0.05) is 31.0 Å². The molecule has 0 spiro atoms. The van der Waals surface area contributed by atoms with Crippen molar-refractivity contribution in [3.8, 4) is 5.75 Å². The summed E-state index contributed by atoms with van der Waals surface area (Å²) in [5.41, 5.74) is 1.10. The van der Waals surface area contributed by atoms with E-state index in [1.165, 1.54) is 18.2 Å². The van der Waals surface area contributed by atoms with Crippen LogP contribution in [0.1, 0.15) is 36.5 Å². The monoisotopic (exact) mass is 346 g/mol. The highest BCUT2D eigenvalue weighted by atomic mass is 35.5. The van der Waals surface area contributed by atoms with E-state index in [0.29, 0.717) is 22.7 Å². The number of amides is 2. The van der Waals surface area contributed by atoms with Gasteiger partial charge in [-0.25, -0.2) is 0 Å². The molecule has 0 aromatic heterocycles. The number of carbonyl (C=O) groups excluding carboxylic acids is 2. The van der Waals surface area contributed by atoms with Crippen LogP contribution in [0, 0.1) is 0 Å². The van der Waals surface area contributed by atoms with Crippen molar-refractivity contribution in [1.82, 2.24) is 0 Å². The van der Waals surface area contributed by atoms with Crippen molar-refractivity contribution >= 4 is 34.8 Å². The van der Waals surface area contributed by atoms with Gasteiger partial charge in [-0.05, 0) is 42.8 Å². The van der Waals surface area contributed by atoms with E-state index >= 15 is 0 Å². The van der Waals surface area contributed by atoms with Crippen LogP contribution in [0.4, 0.5) is 11.4 Å². The Labute approximate surface area is 145 Å². The van der Waals surface area contributed by atoms with Gasteiger partial charge in [0.2, 0.25) is 5.91 Å². The number of halogens is 1. The second-order valence-corrected chi connectivity index (χ2v) is 5.78. The molecule has 5 nitrogen and oxygen atoms in total. The molecule has 2 rings (SSSR count). The van der Waals surface area contributed by atoms with Crippen LogP contribution in [-0.2, 0) is 4.79 Å². The molecule has 0 aliphatic heterocycles. The number of phenolic OH excluding ortho intramolecular Hbond substituents is 1. The molecule has 0 saturated carbocycles. The fraction of sp³-hybridized carbons (Fsp3) is 0.222. The van der Waals surface area contributed by atoms with Gasteiger partial charge in [0.25, 0.3) is 5.91 Å². The van der Waals surface area contributed by atoms with Crippen LogP contribution < -0.4 is 10.6 Å². The Balaban J connectivity index is 2.11. The fourth-order valence-electron chi connectivity index (χ4n) is 2.10. The molecule has 0 aliphatic carbocycles. The number of nitrogens with one attached hydrogen (secondary N) is 2. The molecule has 0 aliphatic rings. The van der Waals surface area contributed by atoms with Gasteiger partial charge in [0.1, 0.15) is 5.75 Å². The molecule has 24 heavy (non-hydrogen) atoms. The normalized spacial score (nSPS) is 10.2. The lowest BCUT2D eigenvalue weighted by Gasteiger charge is -2.10. The van der Waals surface area contributed by atoms with Crippen molar-refractivity contribution in [3.05, 3.63) is 53.1 Å². The van der Waals surface area contributed by atoms with Crippen molar-refractivity contribution < 1.29 is 14.7 Å². The van der Waals surface area contributed by atoms with Crippen molar-refractivity contribution in [2.45, 2.75) is 26.2 Å². The van der Waals surface area contributed by atoms with Crippen molar-refractivity contribution in [2.75, 3.05) is 10.6 Å². The smallest absolute Gasteiger partial charge is 0.255 e. The Hall–Kier alpha value is -2.53. The highest BCUT2D eigenvalue weighted by Crippen LogP contribution is 2.25. The first-order chi connectivity index (χ1) is 11.5. The largest absolute Gasteiger partial charge is 0.506 e. The summed E-state index contributed by atoms with van der Waals surface area (Å²) in [7, 11) is 0. The number of aromatic hydroxyl groups is 1. The van der Waals surface area contributed by atoms with E-state index in [-0.39, 0.29) is 23.3 Å². The summed E-state index contributed by atoms with van der Waals surface area (Å²) in [5.74, 6) is -0.639. The lowest BCUT2D eigenvalue weighted by atomic mass is 10.1. The number of hydrogen-bond acceptors (Lipinski definition) is 3. The van der Waals surface area contributed by atoms with E-state index in [1.807, 2.05) is 6.92 Å². The molecule has 2 aromatic carbocycles. The average molecular weight is 347 g/mol. The number of carbonyl (C=O) groups is 2. The van der Waals surface area contributed by atoms with Crippen LogP contribution in [0.5, 0.6) is 5.75 Å². The van der Waals surface area contributed by atoms with Crippen molar-refractivity contribution in [2.24, 2.45) is 0 Å². The molecule has 3 N–H and O–H groups in total. The summed E-state index contributed by atoms with van der Waals surface area (Å²) >= 11 is 5.89. The van der Waals surface area contributed by atoms with Gasteiger partial charge in [-0.2, -0.15) is 0 Å². The third-order valence-electron chi connectivity index (χ3n) is 3.37. The summed E-state index contributed by atoms with van der Waals surface area (Å²) in [6.45, 7) is 1.99. The van der Waals surface area contributed by atoms with Gasteiger partial charge in [-0.3, -0.25) is 9.59 Å². The van der Waals surface area contributed by atoms with E-state index in [9.17, 15) is 14.7 Å². The van der Waals surface area contributed by atoms with E-state index in [1.54, 1.807) is 24.3 Å². The summed E-state index contributed by atoms with van der Waals surface area (Å²) < 4.78 is 0. The zero-order valence-corrected chi connectivity index (χ0v) is 14.1. The van der Waals surface area contributed by atoms with Crippen molar-refractivity contribution in [3.63, 3.8) is 0 Å². The molecule has 0 unspecified atom stereocenters. The van der Waals surface area contributed by atoms with Crippen LogP contribution in [-0.4, -0.2) is 16.9 Å². The fourth-order valence-corrected chi connectivity index (χ4v) is 2.29. The summed E-state index contributed by atoms with van der Waals surface area (Å²) in [4.78, 5) is 24.1. The quantitative estimate of drug-likeness (QED) is 0.677. The lowest BCUT2D eigenvalue weighted by molar-refractivity contribution is -0.116. The van der Waals surface area contributed by atoms with Crippen LogP contribution in [0.3, 0.4) is 0 Å². The van der Waals surface area contributed by atoms with E-state index in [0.717, 1.165) is 12.8 Å². The summed E-state index contributed by atoms with van der Waals surface area (Å²) in [5, 5.41) is 15.7. The maximum absolute atomic E-state index is 12.3. The second kappa shape index (κ2) is 8.36. The van der Waals surface area contributed by atoms with Crippen LogP contribution in [0.25, 0.3) is 0 Å². The Morgan fingerprint density at radius 3 is 2.62 bits per heavy atom. The average Bonchev–Trinajstić information content (AvgIpc) is 2.55. The van der Waals surface area contributed by atoms with Gasteiger partial charge in [0, 0.05) is 22.7 Å². The maximum atomic E-state index is 12.3. The summed E-state index contributed by atoms with van der Waals surface area (Å²) in [6.07, 6.45) is 2.04.